The molecular formula is C14H24N2O. The Bertz CT molecular complexity index is 296. The SMILES string of the molecule is CCCOCc1ccc(CNCC(C)C)cn1. The van der Waals surface area contributed by atoms with Crippen LogP contribution in [0, 0.1) is 5.92 Å². The first-order valence-corrected chi connectivity index (χ1v) is 6.44. The number of aromatic nitrogens is 1. The zero-order chi connectivity index (χ0) is 12.5. The summed E-state index contributed by atoms with van der Waals surface area (Å²) in [4.78, 5) is 4.38. The highest BCUT2D eigenvalue weighted by Gasteiger charge is 1.97. The Hall–Kier alpha value is -0.930. The number of hydrogen-bond acceptors (Lipinski definition) is 3. The van der Waals surface area contributed by atoms with E-state index in [1.165, 1.54) is 5.56 Å². The van der Waals surface area contributed by atoms with Crippen molar-refractivity contribution >= 4 is 0 Å². The normalized spacial score (nSPS) is 11.1. The Morgan fingerprint density at radius 1 is 1.35 bits per heavy atom. The number of nitrogens with one attached hydrogen (secondary N) is 1. The van der Waals surface area contributed by atoms with Crippen molar-refractivity contribution in [1.29, 1.82) is 0 Å². The van der Waals surface area contributed by atoms with Crippen LogP contribution in [0.4, 0.5) is 0 Å². The number of ether oxygens (including phenoxy) is 1. The molecule has 0 saturated carbocycles. The van der Waals surface area contributed by atoms with Crippen molar-refractivity contribution in [3.05, 3.63) is 29.6 Å². The fourth-order valence-electron chi connectivity index (χ4n) is 1.47. The van der Waals surface area contributed by atoms with Crippen molar-refractivity contribution in [2.24, 2.45) is 5.92 Å². The zero-order valence-corrected chi connectivity index (χ0v) is 11.2. The number of nitrogens with zero attached hydrogens (tertiary/aromatic N) is 1. The second-order valence-electron chi connectivity index (χ2n) is 4.74. The van der Waals surface area contributed by atoms with Gasteiger partial charge < -0.3 is 10.1 Å². The molecule has 3 heteroatoms. The van der Waals surface area contributed by atoms with Crippen molar-refractivity contribution in [2.45, 2.75) is 40.3 Å². The lowest BCUT2D eigenvalue weighted by atomic mass is 10.2. The Kier molecular flexibility index (Phi) is 6.82. The van der Waals surface area contributed by atoms with E-state index in [1.54, 1.807) is 0 Å². The zero-order valence-electron chi connectivity index (χ0n) is 11.2. The van der Waals surface area contributed by atoms with Crippen LogP contribution in [0.1, 0.15) is 38.4 Å². The summed E-state index contributed by atoms with van der Waals surface area (Å²) >= 11 is 0. The predicted molar refractivity (Wildman–Crippen MR) is 70.7 cm³/mol. The summed E-state index contributed by atoms with van der Waals surface area (Å²) in [5.41, 5.74) is 2.23. The maximum Gasteiger partial charge on any atom is 0.0887 e. The highest BCUT2D eigenvalue weighted by molar-refractivity contribution is 5.13. The molecule has 96 valence electrons. The second kappa shape index (κ2) is 8.20. The number of hydrogen-bond donors (Lipinski definition) is 1. The lowest BCUT2D eigenvalue weighted by molar-refractivity contribution is 0.119. The Morgan fingerprint density at radius 3 is 2.76 bits per heavy atom. The fourth-order valence-corrected chi connectivity index (χ4v) is 1.47. The van der Waals surface area contributed by atoms with Gasteiger partial charge in [-0.15, -0.1) is 0 Å². The van der Waals surface area contributed by atoms with Crippen LogP contribution >= 0.6 is 0 Å². The smallest absolute Gasteiger partial charge is 0.0887 e. The van der Waals surface area contributed by atoms with Gasteiger partial charge in [-0.25, -0.2) is 0 Å². The third-order valence-corrected chi connectivity index (χ3v) is 2.37. The van der Waals surface area contributed by atoms with Gasteiger partial charge in [0.2, 0.25) is 0 Å². The van der Waals surface area contributed by atoms with E-state index in [4.69, 9.17) is 4.74 Å². The second-order valence-corrected chi connectivity index (χ2v) is 4.74. The maximum atomic E-state index is 5.44. The minimum atomic E-state index is 0.619. The van der Waals surface area contributed by atoms with Crippen LogP contribution in [0.25, 0.3) is 0 Å². The molecular weight excluding hydrogens is 212 g/mol. The van der Waals surface area contributed by atoms with Gasteiger partial charge in [0.05, 0.1) is 12.3 Å². The fraction of sp³-hybridized carbons (Fsp3) is 0.643. The van der Waals surface area contributed by atoms with Gasteiger partial charge in [0, 0.05) is 19.3 Å². The minimum absolute atomic E-state index is 0.619. The monoisotopic (exact) mass is 236 g/mol. The molecule has 1 aromatic rings. The van der Waals surface area contributed by atoms with Crippen LogP contribution in [0.2, 0.25) is 0 Å². The van der Waals surface area contributed by atoms with Crippen LogP contribution in [-0.4, -0.2) is 18.1 Å². The van der Waals surface area contributed by atoms with E-state index < -0.39 is 0 Å². The summed E-state index contributed by atoms with van der Waals surface area (Å²) in [6.07, 6.45) is 2.98. The van der Waals surface area contributed by atoms with Gasteiger partial charge in [-0.05, 0) is 30.5 Å². The van der Waals surface area contributed by atoms with Crippen LogP contribution < -0.4 is 5.32 Å². The molecule has 0 unspecified atom stereocenters. The van der Waals surface area contributed by atoms with Crippen molar-refractivity contribution in [2.75, 3.05) is 13.2 Å². The highest BCUT2D eigenvalue weighted by Crippen LogP contribution is 2.02. The molecule has 1 heterocycles. The van der Waals surface area contributed by atoms with Crippen LogP contribution in [0.5, 0.6) is 0 Å². The first-order valence-electron chi connectivity index (χ1n) is 6.44. The topological polar surface area (TPSA) is 34.1 Å². The molecule has 17 heavy (non-hydrogen) atoms. The molecule has 0 aliphatic heterocycles. The minimum Gasteiger partial charge on any atom is -0.375 e. The molecule has 0 aliphatic carbocycles. The maximum absolute atomic E-state index is 5.44. The van der Waals surface area contributed by atoms with Crippen molar-refractivity contribution < 1.29 is 4.74 Å². The third kappa shape index (κ3) is 6.39. The van der Waals surface area contributed by atoms with Crippen molar-refractivity contribution in [3.8, 4) is 0 Å². The molecule has 0 saturated heterocycles. The highest BCUT2D eigenvalue weighted by atomic mass is 16.5. The molecule has 0 amide bonds. The molecule has 1 N–H and O–H groups in total. The van der Waals surface area contributed by atoms with E-state index >= 15 is 0 Å². The third-order valence-electron chi connectivity index (χ3n) is 2.37. The summed E-state index contributed by atoms with van der Waals surface area (Å²) in [6, 6.07) is 4.16. The summed E-state index contributed by atoms with van der Waals surface area (Å²) < 4.78 is 5.44. The van der Waals surface area contributed by atoms with Gasteiger partial charge in [-0.2, -0.15) is 0 Å². The molecule has 0 aliphatic rings. The summed E-state index contributed by atoms with van der Waals surface area (Å²) in [7, 11) is 0. The largest absolute Gasteiger partial charge is 0.375 e. The number of rotatable bonds is 8. The van der Waals surface area contributed by atoms with Crippen LogP contribution in [0.15, 0.2) is 18.3 Å². The van der Waals surface area contributed by atoms with Crippen molar-refractivity contribution in [1.82, 2.24) is 10.3 Å². The van der Waals surface area contributed by atoms with Crippen LogP contribution in [0.3, 0.4) is 0 Å². The summed E-state index contributed by atoms with van der Waals surface area (Å²) in [6.45, 7) is 9.88. The van der Waals surface area contributed by atoms with Gasteiger partial charge in [0.25, 0.3) is 0 Å². The van der Waals surface area contributed by atoms with E-state index in [0.717, 1.165) is 31.8 Å². The average molecular weight is 236 g/mol. The van der Waals surface area contributed by atoms with Gasteiger partial charge in [0.1, 0.15) is 0 Å². The first kappa shape index (κ1) is 14.1. The molecule has 0 aromatic carbocycles. The summed E-state index contributed by atoms with van der Waals surface area (Å²) in [5.74, 6) is 0.685. The molecule has 1 rings (SSSR count). The molecule has 0 bridgehead atoms. The quantitative estimate of drug-likeness (QED) is 0.705. The van der Waals surface area contributed by atoms with Gasteiger partial charge in [-0.3, -0.25) is 4.98 Å². The van der Waals surface area contributed by atoms with E-state index in [-0.39, 0.29) is 0 Å². The molecule has 0 spiro atoms. The average Bonchev–Trinajstić information content (AvgIpc) is 2.31. The molecule has 0 radical (unpaired) electrons. The van der Waals surface area contributed by atoms with E-state index in [9.17, 15) is 0 Å². The van der Waals surface area contributed by atoms with E-state index in [1.807, 2.05) is 12.3 Å². The van der Waals surface area contributed by atoms with Gasteiger partial charge in [0.15, 0.2) is 0 Å². The molecule has 1 aromatic heterocycles. The molecule has 3 nitrogen and oxygen atoms in total. The van der Waals surface area contributed by atoms with E-state index in [0.29, 0.717) is 12.5 Å². The van der Waals surface area contributed by atoms with Gasteiger partial charge >= 0.3 is 0 Å². The Morgan fingerprint density at radius 2 is 2.18 bits per heavy atom. The Balaban J connectivity index is 2.29. The van der Waals surface area contributed by atoms with Crippen molar-refractivity contribution in [3.63, 3.8) is 0 Å². The number of pyridine rings is 1. The standard InChI is InChI=1S/C14H24N2O/c1-4-7-17-11-14-6-5-13(10-16-14)9-15-8-12(2)3/h5-6,10,12,15H,4,7-9,11H2,1-3H3. The molecule has 0 fully saturated rings. The lowest BCUT2D eigenvalue weighted by Gasteiger charge is -2.08. The van der Waals surface area contributed by atoms with E-state index in [2.05, 4.69) is 37.1 Å². The van der Waals surface area contributed by atoms with Gasteiger partial charge in [-0.1, -0.05) is 26.8 Å². The summed E-state index contributed by atoms with van der Waals surface area (Å²) in [5, 5.41) is 3.40. The molecule has 0 atom stereocenters. The first-order chi connectivity index (χ1) is 8.22. The Labute approximate surface area is 105 Å². The predicted octanol–water partition coefficient (Wildman–Crippen LogP) is 2.75. The van der Waals surface area contributed by atoms with Crippen LogP contribution in [-0.2, 0) is 17.9 Å². The lowest BCUT2D eigenvalue weighted by Crippen LogP contribution is -2.19.